The minimum absolute atomic E-state index is 0.216. The average Bonchev–Trinajstić information content (AvgIpc) is 2.39. The topological polar surface area (TPSA) is 52.6 Å². The van der Waals surface area contributed by atoms with Gasteiger partial charge in [-0.1, -0.05) is 0 Å². The van der Waals surface area contributed by atoms with E-state index in [-0.39, 0.29) is 19.0 Å². The summed E-state index contributed by atoms with van der Waals surface area (Å²) < 4.78 is 23.2. The van der Waals surface area contributed by atoms with Gasteiger partial charge in [0.05, 0.1) is 6.61 Å². The summed E-state index contributed by atoms with van der Waals surface area (Å²) in [5.74, 6) is -0.922. The summed E-state index contributed by atoms with van der Waals surface area (Å²) in [6.45, 7) is 6.21. The molecule has 0 N–H and O–H groups in total. The number of carbonyl (C=O) groups is 2. The van der Waals surface area contributed by atoms with Crippen molar-refractivity contribution in [1.82, 2.24) is 0 Å². The Morgan fingerprint density at radius 2 is 1.95 bits per heavy atom. The van der Waals surface area contributed by atoms with Gasteiger partial charge in [0.15, 0.2) is 5.78 Å². The molecule has 20 heavy (non-hydrogen) atoms. The van der Waals surface area contributed by atoms with E-state index in [1.165, 1.54) is 32.0 Å². The number of ether oxygens (including phenoxy) is 2. The van der Waals surface area contributed by atoms with Crippen LogP contribution in [0.5, 0.6) is 5.75 Å². The fourth-order valence-corrected chi connectivity index (χ4v) is 1.46. The van der Waals surface area contributed by atoms with Crippen LogP contribution >= 0.6 is 0 Å². The summed E-state index contributed by atoms with van der Waals surface area (Å²) in [4.78, 5) is 23.7. The molecule has 0 radical (unpaired) electrons. The number of ketones is 1. The van der Waals surface area contributed by atoms with Gasteiger partial charge < -0.3 is 9.47 Å². The van der Waals surface area contributed by atoms with E-state index in [9.17, 15) is 14.0 Å². The third-order valence-corrected chi connectivity index (χ3v) is 2.98. The molecule has 0 unspecified atom stereocenters. The summed E-state index contributed by atoms with van der Waals surface area (Å²) in [7, 11) is 0. The lowest BCUT2D eigenvalue weighted by Crippen LogP contribution is -2.38. The molecule has 0 spiro atoms. The van der Waals surface area contributed by atoms with Crippen LogP contribution in [0, 0.1) is 18.2 Å². The van der Waals surface area contributed by atoms with E-state index >= 15 is 0 Å². The third-order valence-electron chi connectivity index (χ3n) is 2.98. The predicted octanol–water partition coefficient (Wildman–Crippen LogP) is 2.67. The number of carbonyl (C=O) groups excluding carboxylic acids is 2. The zero-order chi connectivity index (χ0) is 15.3. The van der Waals surface area contributed by atoms with Crippen molar-refractivity contribution in [2.45, 2.75) is 27.7 Å². The lowest BCUT2D eigenvalue weighted by Gasteiger charge is -2.20. The van der Waals surface area contributed by atoms with Crippen molar-refractivity contribution in [3.8, 4) is 5.75 Å². The molecule has 0 bridgehead atoms. The van der Waals surface area contributed by atoms with E-state index in [1.54, 1.807) is 13.8 Å². The second-order valence-corrected chi connectivity index (χ2v) is 4.97. The first-order valence-electron chi connectivity index (χ1n) is 6.38. The van der Waals surface area contributed by atoms with E-state index in [2.05, 4.69) is 0 Å². The molecule has 0 aliphatic heterocycles. The maximum absolute atomic E-state index is 13.1. The molecule has 0 aromatic heterocycles. The molecular weight excluding hydrogens is 263 g/mol. The van der Waals surface area contributed by atoms with Gasteiger partial charge in [-0.05, 0) is 51.5 Å². The fraction of sp³-hybridized carbons (Fsp3) is 0.467. The maximum atomic E-state index is 13.1. The van der Waals surface area contributed by atoms with Crippen molar-refractivity contribution in [3.63, 3.8) is 0 Å². The summed E-state index contributed by atoms with van der Waals surface area (Å²) in [5.41, 5.74) is -0.829. The van der Waals surface area contributed by atoms with Crippen LogP contribution in [0.15, 0.2) is 18.2 Å². The van der Waals surface area contributed by atoms with Gasteiger partial charge in [0, 0.05) is 0 Å². The number of benzene rings is 1. The van der Waals surface area contributed by atoms with Crippen LogP contribution in [-0.4, -0.2) is 25.0 Å². The van der Waals surface area contributed by atoms with E-state index in [0.717, 1.165) is 0 Å². The number of aryl methyl sites for hydroxylation is 1. The lowest BCUT2D eigenvalue weighted by atomic mass is 9.88. The van der Waals surface area contributed by atoms with E-state index in [4.69, 9.17) is 9.47 Å². The number of rotatable bonds is 6. The van der Waals surface area contributed by atoms with Gasteiger partial charge in [0.2, 0.25) is 0 Å². The van der Waals surface area contributed by atoms with E-state index in [0.29, 0.717) is 11.3 Å². The highest BCUT2D eigenvalue weighted by molar-refractivity contribution is 6.03. The molecule has 1 aromatic carbocycles. The monoisotopic (exact) mass is 282 g/mol. The minimum Gasteiger partial charge on any atom is -0.486 e. The molecule has 1 aromatic rings. The van der Waals surface area contributed by atoms with Crippen molar-refractivity contribution >= 4 is 11.8 Å². The van der Waals surface area contributed by atoms with Crippen LogP contribution in [0.2, 0.25) is 0 Å². The molecule has 0 saturated heterocycles. The summed E-state index contributed by atoms with van der Waals surface area (Å²) in [6.07, 6.45) is 0. The molecule has 0 atom stereocenters. The first kappa shape index (κ1) is 16.1. The minimum atomic E-state index is -1.26. The summed E-state index contributed by atoms with van der Waals surface area (Å²) in [5, 5.41) is 0. The molecule has 0 saturated carbocycles. The molecule has 0 amide bonds. The molecule has 110 valence electrons. The van der Waals surface area contributed by atoms with Crippen LogP contribution in [-0.2, 0) is 14.3 Å². The van der Waals surface area contributed by atoms with Gasteiger partial charge in [-0.15, -0.1) is 0 Å². The van der Waals surface area contributed by atoms with Gasteiger partial charge in [-0.3, -0.25) is 9.59 Å². The van der Waals surface area contributed by atoms with Crippen LogP contribution in [0.1, 0.15) is 26.3 Å². The molecule has 0 heterocycles. The van der Waals surface area contributed by atoms with E-state index in [1.807, 2.05) is 0 Å². The number of hydrogen-bond acceptors (Lipinski definition) is 4. The van der Waals surface area contributed by atoms with Crippen LogP contribution < -0.4 is 4.74 Å². The Balaban J connectivity index is 2.66. The normalized spacial score (nSPS) is 11.1. The highest BCUT2D eigenvalue weighted by atomic mass is 19.1. The molecule has 0 aliphatic carbocycles. The second-order valence-electron chi connectivity index (χ2n) is 4.97. The standard InChI is InChI=1S/C15H19FO4/c1-5-19-14(18)15(3,4)13(17)9-20-11-6-7-12(16)10(2)8-11/h6-8H,5,9H2,1-4H3. The molecule has 5 heteroatoms. The lowest BCUT2D eigenvalue weighted by molar-refractivity contribution is -0.158. The van der Waals surface area contributed by atoms with Crippen molar-refractivity contribution in [3.05, 3.63) is 29.6 Å². The number of halogens is 1. The SMILES string of the molecule is CCOC(=O)C(C)(C)C(=O)COc1ccc(F)c(C)c1. The maximum Gasteiger partial charge on any atom is 0.319 e. The quantitative estimate of drug-likeness (QED) is 0.594. The Morgan fingerprint density at radius 3 is 2.50 bits per heavy atom. The van der Waals surface area contributed by atoms with Gasteiger partial charge >= 0.3 is 5.97 Å². The highest BCUT2D eigenvalue weighted by Gasteiger charge is 2.37. The Bertz CT molecular complexity index is 509. The molecular formula is C15H19FO4. The van der Waals surface area contributed by atoms with Crippen molar-refractivity contribution < 1.29 is 23.5 Å². The van der Waals surface area contributed by atoms with Crippen molar-refractivity contribution in [2.24, 2.45) is 5.41 Å². The second kappa shape index (κ2) is 6.50. The van der Waals surface area contributed by atoms with Crippen molar-refractivity contribution in [2.75, 3.05) is 13.2 Å². The Kier molecular flexibility index (Phi) is 5.25. The smallest absolute Gasteiger partial charge is 0.319 e. The van der Waals surface area contributed by atoms with E-state index < -0.39 is 17.2 Å². The number of Topliss-reactive ketones (excluding diaryl/α,β-unsaturated/α-hetero) is 1. The summed E-state index contributed by atoms with van der Waals surface area (Å²) in [6, 6.07) is 4.21. The summed E-state index contributed by atoms with van der Waals surface area (Å²) >= 11 is 0. The first-order valence-corrected chi connectivity index (χ1v) is 6.38. The Morgan fingerprint density at radius 1 is 1.30 bits per heavy atom. The first-order chi connectivity index (χ1) is 9.28. The van der Waals surface area contributed by atoms with Gasteiger partial charge in [-0.25, -0.2) is 4.39 Å². The van der Waals surface area contributed by atoms with Gasteiger partial charge in [-0.2, -0.15) is 0 Å². The zero-order valence-corrected chi connectivity index (χ0v) is 12.2. The van der Waals surface area contributed by atoms with Crippen LogP contribution in [0.4, 0.5) is 4.39 Å². The molecule has 0 aliphatic rings. The number of hydrogen-bond donors (Lipinski definition) is 0. The highest BCUT2D eigenvalue weighted by Crippen LogP contribution is 2.21. The Hall–Kier alpha value is -1.91. The Labute approximate surface area is 117 Å². The van der Waals surface area contributed by atoms with Gasteiger partial charge in [0.1, 0.15) is 23.6 Å². The fourth-order valence-electron chi connectivity index (χ4n) is 1.46. The average molecular weight is 282 g/mol. The third kappa shape index (κ3) is 3.79. The van der Waals surface area contributed by atoms with Crippen molar-refractivity contribution in [1.29, 1.82) is 0 Å². The van der Waals surface area contributed by atoms with Crippen LogP contribution in [0.3, 0.4) is 0 Å². The molecule has 0 fully saturated rings. The predicted molar refractivity (Wildman–Crippen MR) is 72.1 cm³/mol. The number of esters is 1. The van der Waals surface area contributed by atoms with Gasteiger partial charge in [0.25, 0.3) is 0 Å². The molecule has 4 nitrogen and oxygen atoms in total. The zero-order valence-electron chi connectivity index (χ0n) is 12.2. The molecule has 1 rings (SSSR count). The largest absolute Gasteiger partial charge is 0.486 e. The van der Waals surface area contributed by atoms with Crippen LogP contribution in [0.25, 0.3) is 0 Å².